The Labute approximate surface area is 133 Å². The minimum atomic E-state index is 0.903. The molecule has 2 saturated heterocycles. The minimum absolute atomic E-state index is 0.903. The van der Waals surface area contributed by atoms with Crippen LogP contribution < -0.4 is 10.6 Å². The van der Waals surface area contributed by atoms with Crippen LogP contribution in [0.1, 0.15) is 33.6 Å². The average molecular weight is 301 g/mol. The van der Waals surface area contributed by atoms with Gasteiger partial charge in [0.25, 0.3) is 0 Å². The fourth-order valence-corrected chi connectivity index (χ4v) is 3.02. The van der Waals surface area contributed by atoms with Crippen molar-refractivity contribution in [3.63, 3.8) is 0 Å². The molecule has 2 aliphatic rings. The van der Waals surface area contributed by atoms with E-state index in [-0.39, 0.29) is 0 Å². The van der Waals surface area contributed by atoms with Gasteiger partial charge in [-0.2, -0.15) is 0 Å². The maximum atomic E-state index is 3.38. The minimum Gasteiger partial charge on any atom is -0.319 e. The van der Waals surface area contributed by atoms with Gasteiger partial charge in [-0.3, -0.25) is 0 Å². The second kappa shape index (κ2) is 13.5. The molecule has 2 rings (SSSR count). The Morgan fingerprint density at radius 3 is 1.71 bits per heavy atom. The lowest BCUT2D eigenvalue weighted by atomic mass is 10.1. The van der Waals surface area contributed by atoms with Crippen molar-refractivity contribution in [2.45, 2.75) is 33.6 Å². The normalized spacial score (nSPS) is 26.0. The van der Waals surface area contributed by atoms with Gasteiger partial charge in [-0.25, -0.2) is 0 Å². The van der Waals surface area contributed by atoms with E-state index in [9.17, 15) is 0 Å². The molecule has 2 N–H and O–H groups in total. The van der Waals surface area contributed by atoms with Gasteiger partial charge in [0.1, 0.15) is 0 Å². The van der Waals surface area contributed by atoms with E-state index in [1.54, 1.807) is 0 Å². The maximum Gasteiger partial charge on any atom is 0.00192 e. The summed E-state index contributed by atoms with van der Waals surface area (Å²) < 4.78 is 0. The summed E-state index contributed by atoms with van der Waals surface area (Å²) in [6.45, 7) is 14.8. The summed E-state index contributed by atoms with van der Waals surface area (Å²) in [7, 11) is 6.42. The zero-order valence-corrected chi connectivity index (χ0v) is 15.4. The van der Waals surface area contributed by atoms with Gasteiger partial charge < -0.3 is 20.4 Å². The third kappa shape index (κ3) is 10.2. The highest BCUT2D eigenvalue weighted by Crippen LogP contribution is 2.12. The standard InChI is InChI=1S/C8H18N2.C7H16N2.C2H6/c1-3-9-6-8-4-5-10(2)7-8;1-8-5-7-3-4-9(2)6-7;1-2/h8-9H,3-7H2,1-2H3;7-8H,3-6H2,1-2H3;1-2H3. The van der Waals surface area contributed by atoms with Crippen LogP contribution in [-0.2, 0) is 0 Å². The molecule has 0 aromatic rings. The predicted octanol–water partition coefficient (Wildman–Crippen LogP) is 1.73. The van der Waals surface area contributed by atoms with Gasteiger partial charge in [-0.05, 0) is 78.5 Å². The van der Waals surface area contributed by atoms with Gasteiger partial charge >= 0.3 is 0 Å². The Balaban J connectivity index is 0.000000342. The zero-order valence-electron chi connectivity index (χ0n) is 15.4. The molecule has 0 radical (unpaired) electrons. The quantitative estimate of drug-likeness (QED) is 0.809. The van der Waals surface area contributed by atoms with E-state index >= 15 is 0 Å². The highest BCUT2D eigenvalue weighted by molar-refractivity contribution is 4.74. The molecule has 128 valence electrons. The van der Waals surface area contributed by atoms with Crippen molar-refractivity contribution in [2.24, 2.45) is 11.8 Å². The van der Waals surface area contributed by atoms with Crippen LogP contribution in [0.5, 0.6) is 0 Å². The molecule has 2 atom stereocenters. The van der Waals surface area contributed by atoms with Crippen LogP contribution in [0.15, 0.2) is 0 Å². The summed E-state index contributed by atoms with van der Waals surface area (Å²) in [4.78, 5) is 4.80. The largest absolute Gasteiger partial charge is 0.319 e. The Hall–Kier alpha value is -0.160. The topological polar surface area (TPSA) is 30.5 Å². The summed E-state index contributed by atoms with van der Waals surface area (Å²) in [5.41, 5.74) is 0. The molecule has 0 aromatic carbocycles. The Kier molecular flexibility index (Phi) is 13.4. The van der Waals surface area contributed by atoms with Crippen molar-refractivity contribution in [1.29, 1.82) is 0 Å². The fraction of sp³-hybridized carbons (Fsp3) is 1.00. The summed E-state index contributed by atoms with van der Waals surface area (Å²) >= 11 is 0. The number of hydrogen-bond donors (Lipinski definition) is 2. The van der Waals surface area contributed by atoms with Crippen LogP contribution in [0.3, 0.4) is 0 Å². The molecule has 0 saturated carbocycles. The third-order valence-corrected chi connectivity index (χ3v) is 4.15. The van der Waals surface area contributed by atoms with E-state index in [0.717, 1.165) is 18.4 Å². The molecule has 21 heavy (non-hydrogen) atoms. The van der Waals surface area contributed by atoms with E-state index < -0.39 is 0 Å². The van der Waals surface area contributed by atoms with Crippen molar-refractivity contribution >= 4 is 0 Å². The molecule has 2 fully saturated rings. The average Bonchev–Trinajstić information content (AvgIpc) is 3.09. The van der Waals surface area contributed by atoms with Gasteiger partial charge in [-0.1, -0.05) is 20.8 Å². The predicted molar refractivity (Wildman–Crippen MR) is 95.0 cm³/mol. The second-order valence-corrected chi connectivity index (χ2v) is 6.20. The molecule has 0 aliphatic carbocycles. The van der Waals surface area contributed by atoms with E-state index in [0.29, 0.717) is 0 Å². The number of likely N-dealkylation sites (tertiary alicyclic amines) is 2. The lowest BCUT2D eigenvalue weighted by molar-refractivity contribution is 0.389. The van der Waals surface area contributed by atoms with E-state index in [4.69, 9.17) is 0 Å². The van der Waals surface area contributed by atoms with Crippen LogP contribution in [0.25, 0.3) is 0 Å². The lowest BCUT2D eigenvalue weighted by Gasteiger charge is -2.09. The number of nitrogens with zero attached hydrogens (tertiary/aromatic N) is 2. The monoisotopic (exact) mass is 300 g/mol. The van der Waals surface area contributed by atoms with Gasteiger partial charge in [0.15, 0.2) is 0 Å². The Morgan fingerprint density at radius 1 is 0.905 bits per heavy atom. The van der Waals surface area contributed by atoms with Crippen molar-refractivity contribution in [2.75, 3.05) is 67.0 Å². The first-order valence-corrected chi connectivity index (χ1v) is 8.88. The first-order chi connectivity index (χ1) is 10.2. The first kappa shape index (κ1) is 20.8. The van der Waals surface area contributed by atoms with Crippen LogP contribution in [-0.4, -0.2) is 76.8 Å². The Morgan fingerprint density at radius 2 is 1.38 bits per heavy atom. The molecule has 0 bridgehead atoms. The van der Waals surface area contributed by atoms with E-state index in [1.807, 2.05) is 20.9 Å². The number of nitrogens with one attached hydrogen (secondary N) is 2. The summed E-state index contributed by atoms with van der Waals surface area (Å²) in [6.07, 6.45) is 2.75. The third-order valence-electron chi connectivity index (χ3n) is 4.15. The molecule has 4 heteroatoms. The number of hydrogen-bond acceptors (Lipinski definition) is 4. The Bertz CT molecular complexity index is 221. The first-order valence-electron chi connectivity index (χ1n) is 8.88. The van der Waals surface area contributed by atoms with Crippen molar-refractivity contribution in [3.8, 4) is 0 Å². The summed E-state index contributed by atoms with van der Waals surface area (Å²) in [6, 6.07) is 0. The van der Waals surface area contributed by atoms with Crippen LogP contribution in [0, 0.1) is 11.8 Å². The second-order valence-electron chi connectivity index (χ2n) is 6.20. The van der Waals surface area contributed by atoms with Crippen LogP contribution >= 0.6 is 0 Å². The van der Waals surface area contributed by atoms with Crippen LogP contribution in [0.2, 0.25) is 0 Å². The maximum absolute atomic E-state index is 3.38. The van der Waals surface area contributed by atoms with Gasteiger partial charge in [0, 0.05) is 13.1 Å². The lowest BCUT2D eigenvalue weighted by Crippen LogP contribution is -2.24. The molecule has 0 amide bonds. The van der Waals surface area contributed by atoms with Crippen molar-refractivity contribution in [1.82, 2.24) is 20.4 Å². The molecule has 2 heterocycles. The molecule has 2 aliphatic heterocycles. The van der Waals surface area contributed by atoms with E-state index in [1.165, 1.54) is 52.1 Å². The highest BCUT2D eigenvalue weighted by atomic mass is 15.1. The molecule has 0 spiro atoms. The molecule has 4 nitrogen and oxygen atoms in total. The van der Waals surface area contributed by atoms with E-state index in [2.05, 4.69) is 41.5 Å². The fourth-order valence-electron chi connectivity index (χ4n) is 3.02. The smallest absolute Gasteiger partial charge is 0.00192 e. The highest BCUT2D eigenvalue weighted by Gasteiger charge is 2.18. The van der Waals surface area contributed by atoms with Gasteiger partial charge in [0.2, 0.25) is 0 Å². The number of rotatable bonds is 5. The van der Waals surface area contributed by atoms with Gasteiger partial charge in [0.05, 0.1) is 0 Å². The van der Waals surface area contributed by atoms with Crippen LogP contribution in [0.4, 0.5) is 0 Å². The molecule has 2 unspecified atom stereocenters. The van der Waals surface area contributed by atoms with Gasteiger partial charge in [-0.15, -0.1) is 0 Å². The van der Waals surface area contributed by atoms with Crippen molar-refractivity contribution in [3.05, 3.63) is 0 Å². The molecule has 0 aromatic heterocycles. The summed E-state index contributed by atoms with van der Waals surface area (Å²) in [5, 5.41) is 6.59. The molecular weight excluding hydrogens is 260 g/mol. The zero-order chi connectivity index (χ0) is 16.1. The van der Waals surface area contributed by atoms with Crippen molar-refractivity contribution < 1.29 is 0 Å². The summed E-state index contributed by atoms with van der Waals surface area (Å²) in [5.74, 6) is 1.81. The molecular formula is C17H40N4. The SMILES string of the molecule is CC.CCNCC1CCN(C)C1.CNCC1CCN(C)C1.